The Bertz CT molecular complexity index is 484. The standard InChI is InChI=1S/C21H37N3/c1-7-18-8-10-20(11-9-18)24-14-12-19(13-15-24)22-17(2)21(3,4)16-23(5)6/h8-11,17,19,22H,7,12-16H2,1-6H3/t17-/m1/s1. The minimum Gasteiger partial charge on any atom is -0.371 e. The van der Waals surface area contributed by atoms with Gasteiger partial charge in [-0.3, -0.25) is 0 Å². The van der Waals surface area contributed by atoms with Gasteiger partial charge in [0.1, 0.15) is 0 Å². The summed E-state index contributed by atoms with van der Waals surface area (Å²) in [6.07, 6.45) is 3.59. The van der Waals surface area contributed by atoms with Crippen molar-refractivity contribution in [2.24, 2.45) is 5.41 Å². The topological polar surface area (TPSA) is 18.5 Å². The van der Waals surface area contributed by atoms with Crippen molar-refractivity contribution in [3.63, 3.8) is 0 Å². The fourth-order valence-corrected chi connectivity index (χ4v) is 3.78. The molecule has 1 N–H and O–H groups in total. The van der Waals surface area contributed by atoms with Crippen LogP contribution in [0.5, 0.6) is 0 Å². The zero-order valence-corrected chi connectivity index (χ0v) is 16.6. The predicted octanol–water partition coefficient (Wildman–Crippen LogP) is 3.78. The second-order valence-electron chi connectivity index (χ2n) is 8.40. The van der Waals surface area contributed by atoms with Crippen LogP contribution < -0.4 is 10.2 Å². The average Bonchev–Trinajstić information content (AvgIpc) is 2.54. The monoisotopic (exact) mass is 331 g/mol. The highest BCUT2D eigenvalue weighted by Gasteiger charge is 2.29. The molecular weight excluding hydrogens is 294 g/mol. The molecule has 0 bridgehead atoms. The molecule has 0 spiro atoms. The summed E-state index contributed by atoms with van der Waals surface area (Å²) in [6.45, 7) is 12.7. The molecule has 136 valence electrons. The minimum atomic E-state index is 0.288. The SMILES string of the molecule is CCc1ccc(N2CCC(N[C@H](C)C(C)(C)CN(C)C)CC2)cc1. The van der Waals surface area contributed by atoms with Crippen LogP contribution in [0.4, 0.5) is 5.69 Å². The Morgan fingerprint density at radius 2 is 1.75 bits per heavy atom. The van der Waals surface area contributed by atoms with Gasteiger partial charge in [0.2, 0.25) is 0 Å². The van der Waals surface area contributed by atoms with Crippen LogP contribution in [0.2, 0.25) is 0 Å². The van der Waals surface area contributed by atoms with Gasteiger partial charge < -0.3 is 15.1 Å². The zero-order valence-electron chi connectivity index (χ0n) is 16.6. The van der Waals surface area contributed by atoms with Crippen molar-refractivity contribution in [3.05, 3.63) is 29.8 Å². The lowest BCUT2D eigenvalue weighted by atomic mass is 9.84. The van der Waals surface area contributed by atoms with Gasteiger partial charge in [-0.25, -0.2) is 0 Å². The van der Waals surface area contributed by atoms with Crippen LogP contribution in [-0.2, 0) is 6.42 Å². The molecule has 1 aliphatic heterocycles. The second-order valence-corrected chi connectivity index (χ2v) is 8.40. The van der Waals surface area contributed by atoms with E-state index in [0.29, 0.717) is 12.1 Å². The lowest BCUT2D eigenvalue weighted by Crippen LogP contribution is -2.52. The Morgan fingerprint density at radius 1 is 1.17 bits per heavy atom. The van der Waals surface area contributed by atoms with Crippen LogP contribution in [0.25, 0.3) is 0 Å². The van der Waals surface area contributed by atoms with Crippen molar-refractivity contribution < 1.29 is 0 Å². The molecule has 0 aromatic heterocycles. The van der Waals surface area contributed by atoms with Gasteiger partial charge in [-0.2, -0.15) is 0 Å². The summed E-state index contributed by atoms with van der Waals surface area (Å²) >= 11 is 0. The van der Waals surface area contributed by atoms with E-state index in [1.54, 1.807) is 0 Å². The smallest absolute Gasteiger partial charge is 0.0366 e. The van der Waals surface area contributed by atoms with Crippen LogP contribution in [0.15, 0.2) is 24.3 Å². The third-order valence-corrected chi connectivity index (χ3v) is 5.59. The first-order valence-corrected chi connectivity index (χ1v) is 9.56. The fraction of sp³-hybridized carbons (Fsp3) is 0.714. The summed E-state index contributed by atoms with van der Waals surface area (Å²) in [5.41, 5.74) is 3.09. The van der Waals surface area contributed by atoms with Gasteiger partial charge in [0.25, 0.3) is 0 Å². The second kappa shape index (κ2) is 8.35. The summed E-state index contributed by atoms with van der Waals surface area (Å²) < 4.78 is 0. The number of nitrogens with zero attached hydrogens (tertiary/aromatic N) is 2. The largest absolute Gasteiger partial charge is 0.371 e. The third-order valence-electron chi connectivity index (χ3n) is 5.59. The minimum absolute atomic E-state index is 0.288. The van der Waals surface area contributed by atoms with Gasteiger partial charge in [-0.15, -0.1) is 0 Å². The maximum absolute atomic E-state index is 3.90. The number of nitrogens with one attached hydrogen (secondary N) is 1. The summed E-state index contributed by atoms with van der Waals surface area (Å²) in [5.74, 6) is 0. The first kappa shape index (κ1) is 19.3. The Labute approximate surface area is 149 Å². The molecule has 1 fully saturated rings. The molecule has 1 aromatic carbocycles. The lowest BCUT2D eigenvalue weighted by molar-refractivity contribution is 0.169. The van der Waals surface area contributed by atoms with Crippen LogP contribution in [0.1, 0.15) is 46.1 Å². The van der Waals surface area contributed by atoms with E-state index in [1.807, 2.05) is 0 Å². The molecule has 1 atom stereocenters. The van der Waals surface area contributed by atoms with Crippen LogP contribution >= 0.6 is 0 Å². The number of hydrogen-bond acceptors (Lipinski definition) is 3. The van der Waals surface area contributed by atoms with Crippen LogP contribution in [-0.4, -0.2) is 50.7 Å². The van der Waals surface area contributed by atoms with Crippen molar-refractivity contribution in [1.29, 1.82) is 0 Å². The van der Waals surface area contributed by atoms with Gasteiger partial charge in [0.15, 0.2) is 0 Å². The molecule has 0 radical (unpaired) electrons. The van der Waals surface area contributed by atoms with Gasteiger partial charge in [0, 0.05) is 37.4 Å². The molecule has 1 saturated heterocycles. The predicted molar refractivity (Wildman–Crippen MR) is 106 cm³/mol. The third kappa shape index (κ3) is 5.22. The molecular formula is C21H37N3. The maximum atomic E-state index is 3.90. The molecule has 1 aromatic rings. The number of aryl methyl sites for hydroxylation is 1. The Hall–Kier alpha value is -1.06. The van der Waals surface area contributed by atoms with Gasteiger partial charge in [-0.1, -0.05) is 32.9 Å². The fourth-order valence-electron chi connectivity index (χ4n) is 3.78. The zero-order chi connectivity index (χ0) is 17.7. The number of rotatable bonds is 7. The van der Waals surface area contributed by atoms with E-state index in [2.05, 4.69) is 81.2 Å². The van der Waals surface area contributed by atoms with E-state index in [0.717, 1.165) is 26.1 Å². The van der Waals surface area contributed by atoms with Crippen molar-refractivity contribution in [2.75, 3.05) is 38.6 Å². The molecule has 0 unspecified atom stereocenters. The Morgan fingerprint density at radius 3 is 2.25 bits per heavy atom. The molecule has 1 heterocycles. The quantitative estimate of drug-likeness (QED) is 0.820. The van der Waals surface area contributed by atoms with E-state index in [-0.39, 0.29) is 5.41 Å². The molecule has 3 heteroatoms. The molecule has 2 rings (SSSR count). The molecule has 1 aliphatic rings. The van der Waals surface area contributed by atoms with Crippen molar-refractivity contribution >= 4 is 5.69 Å². The summed E-state index contributed by atoms with van der Waals surface area (Å²) in [6, 6.07) is 10.3. The van der Waals surface area contributed by atoms with Crippen molar-refractivity contribution in [2.45, 2.75) is 59.0 Å². The summed E-state index contributed by atoms with van der Waals surface area (Å²) in [7, 11) is 4.33. The van der Waals surface area contributed by atoms with Crippen LogP contribution in [0, 0.1) is 5.41 Å². The number of benzene rings is 1. The van der Waals surface area contributed by atoms with E-state index in [9.17, 15) is 0 Å². The van der Waals surface area contributed by atoms with Gasteiger partial charge in [0.05, 0.1) is 0 Å². The average molecular weight is 332 g/mol. The number of piperidine rings is 1. The molecule has 0 saturated carbocycles. The van der Waals surface area contributed by atoms with E-state index in [1.165, 1.54) is 24.1 Å². The number of anilines is 1. The first-order valence-electron chi connectivity index (χ1n) is 9.56. The van der Waals surface area contributed by atoms with Gasteiger partial charge >= 0.3 is 0 Å². The van der Waals surface area contributed by atoms with E-state index >= 15 is 0 Å². The molecule has 24 heavy (non-hydrogen) atoms. The van der Waals surface area contributed by atoms with Crippen LogP contribution in [0.3, 0.4) is 0 Å². The Balaban J connectivity index is 1.83. The molecule has 3 nitrogen and oxygen atoms in total. The van der Waals surface area contributed by atoms with Crippen molar-refractivity contribution in [3.8, 4) is 0 Å². The maximum Gasteiger partial charge on any atom is 0.0366 e. The molecule has 0 aliphatic carbocycles. The Kier molecular flexibility index (Phi) is 6.70. The first-order chi connectivity index (χ1) is 11.3. The van der Waals surface area contributed by atoms with E-state index < -0.39 is 0 Å². The van der Waals surface area contributed by atoms with Gasteiger partial charge in [-0.05, 0) is 63.4 Å². The number of hydrogen-bond donors (Lipinski definition) is 1. The highest BCUT2D eigenvalue weighted by Crippen LogP contribution is 2.25. The molecule has 0 amide bonds. The normalized spacial score (nSPS) is 18.2. The highest BCUT2D eigenvalue weighted by atomic mass is 15.2. The van der Waals surface area contributed by atoms with E-state index in [4.69, 9.17) is 0 Å². The highest BCUT2D eigenvalue weighted by molar-refractivity contribution is 5.48. The summed E-state index contributed by atoms with van der Waals surface area (Å²) in [4.78, 5) is 4.83. The lowest BCUT2D eigenvalue weighted by Gasteiger charge is -2.40. The summed E-state index contributed by atoms with van der Waals surface area (Å²) in [5, 5.41) is 3.90. The van der Waals surface area contributed by atoms with Crippen molar-refractivity contribution in [1.82, 2.24) is 10.2 Å².